The minimum Gasteiger partial charge on any atom is -0.481 e. The molecule has 0 heterocycles. The molecule has 0 aliphatic rings. The Morgan fingerprint density at radius 1 is 1.38 bits per heavy atom. The fraction of sp³-hybridized carbons (Fsp3) is 0.200. The van der Waals surface area contributed by atoms with Crippen LogP contribution in [0.1, 0.15) is 0 Å². The van der Waals surface area contributed by atoms with Crippen molar-refractivity contribution in [2.45, 2.75) is 0 Å². The number of hydrogen-bond donors (Lipinski definition) is 2. The van der Waals surface area contributed by atoms with E-state index in [4.69, 9.17) is 10.5 Å². The Kier molecular flexibility index (Phi) is 4.26. The Hall–Kier alpha value is -2.11. The number of nitrogens with two attached hydrogens (primary N) is 1. The van der Waals surface area contributed by atoms with E-state index in [1.165, 1.54) is 18.2 Å². The molecule has 5 nitrogen and oxygen atoms in total. The summed E-state index contributed by atoms with van der Waals surface area (Å²) in [4.78, 5) is 21.4. The third-order valence-corrected chi connectivity index (χ3v) is 1.66. The molecule has 3 N–H and O–H groups in total. The molecule has 2 amide bonds. The Bertz CT molecular complexity index is 395. The summed E-state index contributed by atoms with van der Waals surface area (Å²) in [6.07, 6.45) is 0. The summed E-state index contributed by atoms with van der Waals surface area (Å²) in [5.41, 5.74) is 4.82. The van der Waals surface area contributed by atoms with Gasteiger partial charge in [-0.2, -0.15) is 0 Å². The van der Waals surface area contributed by atoms with Crippen molar-refractivity contribution in [3.05, 3.63) is 30.1 Å². The van der Waals surface area contributed by atoms with E-state index < -0.39 is 17.6 Å². The van der Waals surface area contributed by atoms with Crippen molar-refractivity contribution in [1.82, 2.24) is 5.32 Å². The van der Waals surface area contributed by atoms with Crippen LogP contribution in [-0.2, 0) is 9.59 Å². The summed E-state index contributed by atoms with van der Waals surface area (Å²) in [5.74, 6) is -1.76. The first kappa shape index (κ1) is 12.0. The third kappa shape index (κ3) is 3.95. The van der Waals surface area contributed by atoms with Gasteiger partial charge in [-0.25, -0.2) is 4.39 Å². The van der Waals surface area contributed by atoms with Gasteiger partial charge in [0.05, 0.1) is 6.54 Å². The predicted octanol–water partition coefficient (Wildman–Crippen LogP) is -0.194. The molecule has 6 heteroatoms. The molecule has 16 heavy (non-hydrogen) atoms. The van der Waals surface area contributed by atoms with E-state index in [1.807, 2.05) is 0 Å². The van der Waals surface area contributed by atoms with Gasteiger partial charge in [0.2, 0.25) is 5.91 Å². The first-order valence-corrected chi connectivity index (χ1v) is 4.52. The van der Waals surface area contributed by atoms with Crippen molar-refractivity contribution >= 4 is 11.8 Å². The van der Waals surface area contributed by atoms with Crippen molar-refractivity contribution in [1.29, 1.82) is 0 Å². The molecule has 0 radical (unpaired) electrons. The molecule has 0 saturated carbocycles. The number of primary amides is 1. The van der Waals surface area contributed by atoms with Gasteiger partial charge < -0.3 is 15.8 Å². The molecule has 0 saturated heterocycles. The summed E-state index contributed by atoms with van der Waals surface area (Å²) in [6, 6.07) is 5.71. The van der Waals surface area contributed by atoms with Crippen molar-refractivity contribution in [3.8, 4) is 5.75 Å². The smallest absolute Gasteiger partial charge is 0.258 e. The highest BCUT2D eigenvalue weighted by molar-refractivity contribution is 5.84. The first-order chi connectivity index (χ1) is 7.59. The van der Waals surface area contributed by atoms with Gasteiger partial charge in [0.1, 0.15) is 0 Å². The lowest BCUT2D eigenvalue weighted by atomic mass is 10.3. The summed E-state index contributed by atoms with van der Waals surface area (Å²) in [5, 5.41) is 2.21. The van der Waals surface area contributed by atoms with Crippen LogP contribution in [0.25, 0.3) is 0 Å². The van der Waals surface area contributed by atoms with E-state index in [9.17, 15) is 14.0 Å². The molecular weight excluding hydrogens is 215 g/mol. The molecule has 0 aromatic heterocycles. The molecule has 1 aromatic carbocycles. The number of ether oxygens (including phenoxy) is 1. The largest absolute Gasteiger partial charge is 0.481 e. The zero-order valence-corrected chi connectivity index (χ0v) is 8.40. The van der Waals surface area contributed by atoms with E-state index in [-0.39, 0.29) is 18.9 Å². The van der Waals surface area contributed by atoms with E-state index in [0.29, 0.717) is 0 Å². The Morgan fingerprint density at radius 3 is 2.69 bits per heavy atom. The molecule has 0 aliphatic heterocycles. The van der Waals surface area contributed by atoms with Crippen LogP contribution in [0.3, 0.4) is 0 Å². The summed E-state index contributed by atoms with van der Waals surface area (Å²) < 4.78 is 17.9. The molecular formula is C10H11FN2O3. The lowest BCUT2D eigenvalue weighted by Gasteiger charge is -2.06. The number of hydrogen-bond acceptors (Lipinski definition) is 3. The number of nitrogens with one attached hydrogen (secondary N) is 1. The van der Waals surface area contributed by atoms with Crippen LogP contribution in [0.2, 0.25) is 0 Å². The standard InChI is InChI=1S/C10H11FN2O3/c11-7-3-1-2-4-8(7)16-6-10(15)13-5-9(12)14/h1-4H,5-6H2,(H2,12,14)(H,13,15). The predicted molar refractivity (Wildman–Crippen MR) is 54.1 cm³/mol. The fourth-order valence-corrected chi connectivity index (χ4v) is 0.942. The molecule has 0 spiro atoms. The van der Waals surface area contributed by atoms with Crippen molar-refractivity contribution in [3.63, 3.8) is 0 Å². The molecule has 86 valence electrons. The summed E-state index contributed by atoms with van der Waals surface area (Å²) in [7, 11) is 0. The maximum atomic E-state index is 13.0. The average Bonchev–Trinajstić information content (AvgIpc) is 2.25. The van der Waals surface area contributed by atoms with Crippen molar-refractivity contribution < 1.29 is 18.7 Å². The number of carbonyl (C=O) groups is 2. The van der Waals surface area contributed by atoms with Gasteiger partial charge >= 0.3 is 0 Å². The molecule has 0 aliphatic carbocycles. The van der Waals surface area contributed by atoms with Crippen LogP contribution >= 0.6 is 0 Å². The number of amides is 2. The molecule has 1 aromatic rings. The van der Waals surface area contributed by atoms with E-state index >= 15 is 0 Å². The van der Waals surface area contributed by atoms with Gasteiger partial charge in [0, 0.05) is 0 Å². The van der Waals surface area contributed by atoms with E-state index in [0.717, 1.165) is 0 Å². The molecule has 0 fully saturated rings. The minimum atomic E-state index is -0.653. The average molecular weight is 226 g/mol. The molecule has 0 atom stereocenters. The second-order valence-corrected chi connectivity index (χ2v) is 2.96. The number of benzene rings is 1. The normalized spacial score (nSPS) is 9.56. The zero-order chi connectivity index (χ0) is 12.0. The Balaban J connectivity index is 2.37. The Labute approximate surface area is 91.4 Å². The van der Waals surface area contributed by atoms with Gasteiger partial charge in [0.15, 0.2) is 18.2 Å². The first-order valence-electron chi connectivity index (χ1n) is 4.52. The SMILES string of the molecule is NC(=O)CNC(=O)COc1ccccc1F. The summed E-state index contributed by atoms with van der Waals surface area (Å²) >= 11 is 0. The van der Waals surface area contributed by atoms with Crippen LogP contribution in [0.5, 0.6) is 5.75 Å². The zero-order valence-electron chi connectivity index (χ0n) is 8.40. The van der Waals surface area contributed by atoms with Crippen molar-refractivity contribution in [2.75, 3.05) is 13.2 Å². The third-order valence-electron chi connectivity index (χ3n) is 1.66. The van der Waals surface area contributed by atoms with Gasteiger partial charge in [-0.1, -0.05) is 12.1 Å². The van der Waals surface area contributed by atoms with E-state index in [1.54, 1.807) is 6.07 Å². The van der Waals surface area contributed by atoms with E-state index in [2.05, 4.69) is 5.32 Å². The molecule has 0 unspecified atom stereocenters. The van der Waals surface area contributed by atoms with Crippen LogP contribution in [0.15, 0.2) is 24.3 Å². The fourth-order valence-electron chi connectivity index (χ4n) is 0.942. The van der Waals surface area contributed by atoms with Crippen LogP contribution in [0.4, 0.5) is 4.39 Å². The maximum Gasteiger partial charge on any atom is 0.258 e. The monoisotopic (exact) mass is 226 g/mol. The lowest BCUT2D eigenvalue weighted by Crippen LogP contribution is -2.36. The lowest BCUT2D eigenvalue weighted by molar-refractivity contribution is -0.126. The summed E-state index contributed by atoms with van der Waals surface area (Å²) in [6.45, 7) is -0.631. The molecule has 0 bridgehead atoms. The van der Waals surface area contributed by atoms with Gasteiger partial charge in [0.25, 0.3) is 5.91 Å². The van der Waals surface area contributed by atoms with Crippen LogP contribution < -0.4 is 15.8 Å². The minimum absolute atomic E-state index is 0.0169. The van der Waals surface area contributed by atoms with Gasteiger partial charge in [-0.05, 0) is 12.1 Å². The maximum absolute atomic E-state index is 13.0. The highest BCUT2D eigenvalue weighted by Crippen LogP contribution is 2.14. The number of rotatable bonds is 5. The second kappa shape index (κ2) is 5.69. The van der Waals surface area contributed by atoms with Crippen molar-refractivity contribution in [2.24, 2.45) is 5.73 Å². The number of halogens is 1. The number of carbonyl (C=O) groups excluding carboxylic acids is 2. The van der Waals surface area contributed by atoms with Crippen LogP contribution in [-0.4, -0.2) is 25.0 Å². The highest BCUT2D eigenvalue weighted by Gasteiger charge is 2.06. The van der Waals surface area contributed by atoms with Crippen LogP contribution in [0, 0.1) is 5.82 Å². The quantitative estimate of drug-likeness (QED) is 0.729. The Morgan fingerprint density at radius 2 is 2.06 bits per heavy atom. The van der Waals surface area contributed by atoms with Gasteiger partial charge in [-0.15, -0.1) is 0 Å². The topological polar surface area (TPSA) is 81.4 Å². The molecule has 1 rings (SSSR count). The number of para-hydroxylation sites is 1. The van der Waals surface area contributed by atoms with Gasteiger partial charge in [-0.3, -0.25) is 9.59 Å². The highest BCUT2D eigenvalue weighted by atomic mass is 19.1. The second-order valence-electron chi connectivity index (χ2n) is 2.96.